The Kier molecular flexibility index (Phi) is 15.7. The van der Waals surface area contributed by atoms with Crippen LogP contribution in [-0.4, -0.2) is 87.8 Å². The van der Waals surface area contributed by atoms with Gasteiger partial charge in [-0.25, -0.2) is 4.79 Å². The zero-order valence-electron chi connectivity index (χ0n) is 46.8. The maximum absolute atomic E-state index is 13.9. The average molecular weight is 1040 g/mol. The Labute approximate surface area is 447 Å². The van der Waals surface area contributed by atoms with Gasteiger partial charge in [-0.3, -0.25) is 14.4 Å². The lowest BCUT2D eigenvalue weighted by molar-refractivity contribution is -0.226. The minimum absolute atomic E-state index is 0.0779. The molecule has 0 heterocycles. The van der Waals surface area contributed by atoms with Gasteiger partial charge in [0.15, 0.2) is 5.78 Å². The Balaban J connectivity index is 0.869. The highest BCUT2D eigenvalue weighted by Crippen LogP contribution is 2.70. The maximum atomic E-state index is 13.9. The van der Waals surface area contributed by atoms with E-state index < -0.39 is 34.8 Å². The zero-order chi connectivity index (χ0) is 53.9. The highest BCUT2D eigenvalue weighted by Gasteiger charge is 2.68. The predicted molar refractivity (Wildman–Crippen MR) is 289 cm³/mol. The van der Waals surface area contributed by atoms with Crippen molar-refractivity contribution in [1.82, 2.24) is 5.32 Å². The molecule has 6 fully saturated rings. The zero-order valence-corrected chi connectivity index (χ0v) is 46.8. The second-order valence-electron chi connectivity index (χ2n) is 26.8. The van der Waals surface area contributed by atoms with Crippen molar-refractivity contribution in [2.45, 2.75) is 213 Å². The molecular weight excluding hydrogens is 945 g/mol. The lowest BCUT2D eigenvalue weighted by Gasteiger charge is -2.64. The number of amides is 1. The molecule has 0 aromatic heterocycles. The summed E-state index contributed by atoms with van der Waals surface area (Å²) >= 11 is 0. The van der Waals surface area contributed by atoms with Crippen molar-refractivity contribution >= 4 is 29.5 Å². The molecule has 8 aliphatic carbocycles. The van der Waals surface area contributed by atoms with Crippen LogP contribution >= 0.6 is 0 Å². The molecule has 1 aromatic rings. The summed E-state index contributed by atoms with van der Waals surface area (Å²) in [5.41, 5.74) is 3.57. The van der Waals surface area contributed by atoms with Crippen LogP contribution in [0.15, 0.2) is 47.1 Å². The van der Waals surface area contributed by atoms with Crippen LogP contribution in [0.1, 0.15) is 189 Å². The van der Waals surface area contributed by atoms with Gasteiger partial charge in [-0.1, -0.05) is 51.3 Å². The van der Waals surface area contributed by atoms with Crippen molar-refractivity contribution in [3.63, 3.8) is 0 Å². The molecule has 5 N–H and O–H groups in total. The second-order valence-corrected chi connectivity index (χ2v) is 26.8. The van der Waals surface area contributed by atoms with Gasteiger partial charge in [0.1, 0.15) is 17.3 Å². The maximum Gasteiger partial charge on any atom is 0.407 e. The first-order chi connectivity index (χ1) is 35.4. The third-order valence-electron chi connectivity index (χ3n) is 21.5. The van der Waals surface area contributed by atoms with E-state index in [0.717, 1.165) is 76.3 Å². The standard InChI is InChI=1S/C63H90N2O10/c1-10-26-63(72)27-25-48-45-20-16-40-33-43(66)19-21-44(40)55(45)46(37-61(48,63)8)39-14-17-42(18-15-39)64-31-32-73-59(6)28-29-60(7)41(36-59)34-51(74-54(70)12-11-30-65-57(71)75-58(3,4)5)56-49-23-22-47(38(2)13-24-53(68)69)62(49,9)52(67)35-50(56)60/h14-15,17-18,33,38,41,45-52,56,64,67,72H,11-13,16,19-25,27-32,34-37H2,1-9H3,(H,65,71)(H,68,69)/t38-,41-,45?,46+,47-,48?,49+,50+,51-,52+,56+,59+,60+,61+,62-,63-/m1/s1. The van der Waals surface area contributed by atoms with Crippen molar-refractivity contribution in [2.75, 3.05) is 25.0 Å². The van der Waals surface area contributed by atoms with Crippen molar-refractivity contribution in [3.8, 4) is 11.8 Å². The molecule has 2 unspecified atom stereocenters. The van der Waals surface area contributed by atoms with Gasteiger partial charge >= 0.3 is 18.0 Å². The predicted octanol–water partition coefficient (Wildman–Crippen LogP) is 11.5. The van der Waals surface area contributed by atoms with E-state index in [9.17, 15) is 34.5 Å². The topological polar surface area (TPSA) is 181 Å². The van der Waals surface area contributed by atoms with E-state index in [2.05, 4.69) is 81.4 Å². The first-order valence-electron chi connectivity index (χ1n) is 29.1. The number of hydrogen-bond acceptors (Lipinski definition) is 10. The number of hydrogen-bond donors (Lipinski definition) is 5. The number of carboxylic acids is 1. The third kappa shape index (κ3) is 10.6. The number of anilines is 1. The van der Waals surface area contributed by atoms with Crippen LogP contribution in [0.2, 0.25) is 0 Å². The molecule has 0 bridgehead atoms. The average Bonchev–Trinajstić information content (AvgIpc) is 3.84. The molecule has 0 radical (unpaired) electrons. The van der Waals surface area contributed by atoms with Gasteiger partial charge in [0.25, 0.3) is 0 Å². The summed E-state index contributed by atoms with van der Waals surface area (Å²) < 4.78 is 18.9. The fraction of sp³-hybridized carbons (Fsp3) is 0.746. The number of ketones is 1. The van der Waals surface area contributed by atoms with E-state index >= 15 is 0 Å². The van der Waals surface area contributed by atoms with Crippen LogP contribution in [0.4, 0.5) is 10.5 Å². The Morgan fingerprint density at radius 2 is 1.65 bits per heavy atom. The third-order valence-corrected chi connectivity index (χ3v) is 21.5. The minimum atomic E-state index is -1.02. The van der Waals surface area contributed by atoms with Gasteiger partial charge in [-0.05, 0) is 218 Å². The number of ether oxygens (including phenoxy) is 3. The van der Waals surface area contributed by atoms with Crippen LogP contribution < -0.4 is 10.6 Å². The highest BCUT2D eigenvalue weighted by atomic mass is 16.6. The van der Waals surface area contributed by atoms with Gasteiger partial charge in [-0.15, -0.1) is 5.92 Å². The van der Waals surface area contributed by atoms with Crippen LogP contribution in [0, 0.1) is 75.4 Å². The number of benzene rings is 1. The van der Waals surface area contributed by atoms with Crippen molar-refractivity contribution < 1.29 is 48.7 Å². The lowest BCUT2D eigenvalue weighted by Crippen LogP contribution is -2.63. The van der Waals surface area contributed by atoms with Crippen molar-refractivity contribution in [1.29, 1.82) is 0 Å². The fourth-order valence-corrected chi connectivity index (χ4v) is 17.8. The number of nitrogens with one attached hydrogen (secondary N) is 2. The number of allylic oxidation sites excluding steroid dienone is 4. The molecular formula is C63H90N2O10. The summed E-state index contributed by atoms with van der Waals surface area (Å²) in [4.78, 5) is 50.4. The first-order valence-corrected chi connectivity index (χ1v) is 29.1. The Hall–Kier alpha value is -4.18. The number of aliphatic hydroxyl groups is 2. The first kappa shape index (κ1) is 55.6. The number of esters is 1. The summed E-state index contributed by atoms with van der Waals surface area (Å²) in [6, 6.07) is 8.87. The molecule has 8 aliphatic rings. The molecule has 1 aromatic carbocycles. The SMILES string of the molecule is CC#C[C@@]1(O)CCC2C3CCC4=CC(=O)CCC4=C3[C@H](c3ccc(NCCO[C@@]4(C)CC[C@@]5(C)[C@H](C[C@@H](OC(=O)CCCNC(=O)OC(C)(C)C)[C@@H]6[C@@H]5C[C@H](O)[C@]5(C)[C@@H]([C@H](C)CCC(=O)O)CC[C@@H]65)C4)cc3)C[C@@]21C. The number of aliphatic carboxylic acids is 1. The van der Waals surface area contributed by atoms with Crippen LogP contribution in [-0.2, 0) is 28.6 Å². The lowest BCUT2D eigenvalue weighted by atomic mass is 9.42. The summed E-state index contributed by atoms with van der Waals surface area (Å²) in [6.45, 7) is 20.1. The smallest absolute Gasteiger partial charge is 0.407 e. The molecule has 412 valence electrons. The number of carbonyl (C=O) groups is 4. The number of carboxylic acid groups (broad SMARTS) is 1. The molecule has 1 amide bonds. The molecule has 6 saturated carbocycles. The summed E-state index contributed by atoms with van der Waals surface area (Å²) in [7, 11) is 0. The number of fused-ring (bicyclic) bond motifs is 9. The largest absolute Gasteiger partial charge is 0.481 e. The summed E-state index contributed by atoms with van der Waals surface area (Å²) in [5, 5.41) is 40.5. The molecule has 12 heteroatoms. The molecule has 0 saturated heterocycles. The van der Waals surface area contributed by atoms with Gasteiger partial charge < -0.3 is 40.2 Å². The molecule has 9 rings (SSSR count). The Morgan fingerprint density at radius 1 is 0.893 bits per heavy atom. The van der Waals surface area contributed by atoms with E-state index in [-0.39, 0.29) is 88.6 Å². The van der Waals surface area contributed by atoms with Gasteiger partial charge in [0.2, 0.25) is 0 Å². The number of alkyl carbamates (subject to hydrolysis) is 1. The quantitative estimate of drug-likeness (QED) is 0.0641. The number of aliphatic hydroxyl groups excluding tert-OH is 1. The van der Waals surface area contributed by atoms with Crippen LogP contribution in [0.5, 0.6) is 0 Å². The van der Waals surface area contributed by atoms with E-state index in [4.69, 9.17) is 14.2 Å². The molecule has 0 spiro atoms. The van der Waals surface area contributed by atoms with Crippen molar-refractivity contribution in [2.24, 2.45) is 63.6 Å². The minimum Gasteiger partial charge on any atom is -0.481 e. The molecule has 75 heavy (non-hydrogen) atoms. The van der Waals surface area contributed by atoms with E-state index in [0.29, 0.717) is 63.6 Å². The highest BCUT2D eigenvalue weighted by molar-refractivity contribution is 5.93. The summed E-state index contributed by atoms with van der Waals surface area (Å²) in [6.07, 6.45) is 13.5. The second kappa shape index (κ2) is 21.2. The van der Waals surface area contributed by atoms with Crippen LogP contribution in [0.3, 0.4) is 0 Å². The Morgan fingerprint density at radius 3 is 2.37 bits per heavy atom. The number of carbonyl (C=O) groups excluding carboxylic acids is 3. The van der Waals surface area contributed by atoms with Crippen molar-refractivity contribution in [3.05, 3.63) is 52.6 Å². The molecule has 0 aliphatic heterocycles. The van der Waals surface area contributed by atoms with E-state index in [1.165, 1.54) is 22.3 Å². The molecule has 16 atom stereocenters. The van der Waals surface area contributed by atoms with Gasteiger partial charge in [0.05, 0.1) is 18.3 Å². The molecule has 12 nitrogen and oxygen atoms in total. The normalized spacial score (nSPS) is 39.2. The van der Waals surface area contributed by atoms with Gasteiger partial charge in [-0.2, -0.15) is 0 Å². The fourth-order valence-electron chi connectivity index (χ4n) is 17.8. The van der Waals surface area contributed by atoms with Crippen LogP contribution in [0.25, 0.3) is 0 Å². The summed E-state index contributed by atoms with van der Waals surface area (Å²) in [5.74, 6) is 7.30. The number of rotatable bonds is 15. The monoisotopic (exact) mass is 1030 g/mol. The van der Waals surface area contributed by atoms with E-state index in [1.54, 1.807) is 0 Å². The van der Waals surface area contributed by atoms with E-state index in [1.807, 2.05) is 33.8 Å². The van der Waals surface area contributed by atoms with Gasteiger partial charge in [0, 0.05) is 55.3 Å². The Bertz CT molecular complexity index is 2470.